The van der Waals surface area contributed by atoms with Gasteiger partial charge in [0.05, 0.1) is 6.42 Å². The minimum atomic E-state index is -0.634. The van der Waals surface area contributed by atoms with E-state index in [9.17, 15) is 19.2 Å². The number of carbonyl (C=O) groups excluding carboxylic acids is 4. The summed E-state index contributed by atoms with van der Waals surface area (Å²) >= 11 is 5.86. The normalized spacial score (nSPS) is 18.2. The number of fused-ring (bicyclic) bond motifs is 1. The molecular weight excluding hydrogens is 406 g/mol. The van der Waals surface area contributed by atoms with E-state index in [4.69, 9.17) is 11.6 Å². The van der Waals surface area contributed by atoms with Crippen LogP contribution in [0.5, 0.6) is 0 Å². The summed E-state index contributed by atoms with van der Waals surface area (Å²) in [7, 11) is 0. The molecule has 1 saturated heterocycles. The molecule has 2 aliphatic rings. The van der Waals surface area contributed by atoms with Crippen LogP contribution in [0.1, 0.15) is 39.9 Å². The van der Waals surface area contributed by atoms with Gasteiger partial charge in [0.25, 0.3) is 5.91 Å². The molecule has 0 saturated carbocycles. The number of hydrogen-bond acceptors (Lipinski definition) is 4. The van der Waals surface area contributed by atoms with Crippen molar-refractivity contribution in [1.29, 1.82) is 0 Å². The first-order chi connectivity index (χ1) is 14.4. The first-order valence-electron chi connectivity index (χ1n) is 9.68. The third-order valence-corrected chi connectivity index (χ3v) is 5.61. The molecule has 4 amide bonds. The highest BCUT2D eigenvalue weighted by Crippen LogP contribution is 2.28. The van der Waals surface area contributed by atoms with Gasteiger partial charge in [0.2, 0.25) is 17.7 Å². The summed E-state index contributed by atoms with van der Waals surface area (Å²) in [6.07, 6.45) is 0.809. The summed E-state index contributed by atoms with van der Waals surface area (Å²) in [5.74, 6) is -1.06. The minimum absolute atomic E-state index is 0.112. The number of carbonyl (C=O) groups is 4. The smallest absolute Gasteiger partial charge is 0.255 e. The Morgan fingerprint density at radius 3 is 2.57 bits per heavy atom. The second kappa shape index (κ2) is 8.28. The molecule has 1 unspecified atom stereocenters. The summed E-state index contributed by atoms with van der Waals surface area (Å²) in [6.45, 7) is 0.652. The number of nitrogens with zero attached hydrogens (tertiary/aromatic N) is 1. The molecule has 2 aromatic carbocycles. The summed E-state index contributed by atoms with van der Waals surface area (Å²) in [4.78, 5) is 49.9. The number of benzene rings is 2. The predicted molar refractivity (Wildman–Crippen MR) is 109 cm³/mol. The third kappa shape index (κ3) is 4.21. The number of amides is 4. The Balaban J connectivity index is 1.38. The average Bonchev–Trinajstić information content (AvgIpc) is 3.04. The number of halogens is 1. The molecule has 2 N–H and O–H groups in total. The van der Waals surface area contributed by atoms with Crippen LogP contribution >= 0.6 is 11.6 Å². The fourth-order valence-corrected chi connectivity index (χ4v) is 3.91. The number of rotatable bonds is 5. The van der Waals surface area contributed by atoms with Crippen LogP contribution in [0.4, 0.5) is 0 Å². The van der Waals surface area contributed by atoms with Crippen LogP contribution in [0, 0.1) is 0 Å². The van der Waals surface area contributed by atoms with Gasteiger partial charge in [-0.15, -0.1) is 0 Å². The lowest BCUT2D eigenvalue weighted by atomic mass is 10.0. The van der Waals surface area contributed by atoms with Gasteiger partial charge in [-0.1, -0.05) is 35.9 Å². The van der Waals surface area contributed by atoms with E-state index in [1.54, 1.807) is 24.3 Å². The maximum atomic E-state index is 12.7. The predicted octanol–water partition coefficient (Wildman–Crippen LogP) is 1.96. The Hall–Kier alpha value is -3.19. The SMILES string of the molecule is O=C(Cc1ccc(Cl)cc1)NCc1ccc2c(c1)CN(C1CCC(=O)NC1=O)C2=O. The summed E-state index contributed by atoms with van der Waals surface area (Å²) in [5, 5.41) is 5.80. The molecule has 4 rings (SSSR count). The zero-order valence-electron chi connectivity index (χ0n) is 16.1. The lowest BCUT2D eigenvalue weighted by Crippen LogP contribution is -2.52. The lowest BCUT2D eigenvalue weighted by Gasteiger charge is -2.29. The summed E-state index contributed by atoms with van der Waals surface area (Å²) in [5.41, 5.74) is 3.11. The summed E-state index contributed by atoms with van der Waals surface area (Å²) < 4.78 is 0. The van der Waals surface area contributed by atoms with Crippen molar-refractivity contribution in [3.05, 3.63) is 69.7 Å². The monoisotopic (exact) mass is 425 g/mol. The second-order valence-corrected chi connectivity index (χ2v) is 7.91. The highest BCUT2D eigenvalue weighted by atomic mass is 35.5. The van der Waals surface area contributed by atoms with Gasteiger partial charge in [0.1, 0.15) is 6.04 Å². The maximum Gasteiger partial charge on any atom is 0.255 e. The molecule has 0 aromatic heterocycles. The Morgan fingerprint density at radius 2 is 1.83 bits per heavy atom. The lowest BCUT2D eigenvalue weighted by molar-refractivity contribution is -0.137. The van der Waals surface area contributed by atoms with E-state index in [0.29, 0.717) is 30.1 Å². The largest absolute Gasteiger partial charge is 0.352 e. The molecule has 2 heterocycles. The Kier molecular flexibility index (Phi) is 5.55. The molecule has 2 aromatic rings. The molecule has 8 heteroatoms. The van der Waals surface area contributed by atoms with Crippen LogP contribution < -0.4 is 10.6 Å². The van der Waals surface area contributed by atoms with E-state index in [-0.39, 0.29) is 30.6 Å². The van der Waals surface area contributed by atoms with Crippen LogP contribution in [0.15, 0.2) is 42.5 Å². The number of imide groups is 1. The number of nitrogens with one attached hydrogen (secondary N) is 2. The first kappa shape index (κ1) is 20.1. The standard InChI is InChI=1S/C22H20ClN3O4/c23-16-4-1-13(2-5-16)10-20(28)24-11-14-3-6-17-15(9-14)12-26(22(17)30)18-7-8-19(27)25-21(18)29/h1-6,9,18H,7-8,10-12H2,(H,24,28)(H,25,27,29). The number of hydrogen-bond donors (Lipinski definition) is 2. The van der Waals surface area contributed by atoms with Gasteiger partial charge in [-0.25, -0.2) is 0 Å². The van der Waals surface area contributed by atoms with E-state index in [1.165, 1.54) is 4.90 Å². The van der Waals surface area contributed by atoms with E-state index >= 15 is 0 Å². The van der Waals surface area contributed by atoms with Crippen molar-refractivity contribution in [1.82, 2.24) is 15.5 Å². The zero-order valence-corrected chi connectivity index (χ0v) is 16.9. The Morgan fingerprint density at radius 1 is 1.10 bits per heavy atom. The quantitative estimate of drug-likeness (QED) is 0.716. The van der Waals surface area contributed by atoms with Gasteiger partial charge in [-0.3, -0.25) is 24.5 Å². The molecule has 1 fully saturated rings. The third-order valence-electron chi connectivity index (χ3n) is 5.36. The van der Waals surface area contributed by atoms with E-state index in [2.05, 4.69) is 10.6 Å². The van der Waals surface area contributed by atoms with E-state index in [0.717, 1.165) is 16.7 Å². The van der Waals surface area contributed by atoms with Crippen LogP contribution in [0.3, 0.4) is 0 Å². The maximum absolute atomic E-state index is 12.7. The molecule has 0 aliphatic carbocycles. The fourth-order valence-electron chi connectivity index (χ4n) is 3.79. The fraction of sp³-hybridized carbons (Fsp3) is 0.273. The molecule has 0 bridgehead atoms. The van der Waals surface area contributed by atoms with Gasteiger partial charge >= 0.3 is 0 Å². The number of piperidine rings is 1. The van der Waals surface area contributed by atoms with Crippen LogP contribution in [-0.4, -0.2) is 34.6 Å². The second-order valence-electron chi connectivity index (χ2n) is 7.47. The van der Waals surface area contributed by atoms with Crippen molar-refractivity contribution in [2.24, 2.45) is 0 Å². The van der Waals surface area contributed by atoms with Crippen molar-refractivity contribution in [3.63, 3.8) is 0 Å². The molecule has 0 radical (unpaired) electrons. The topological polar surface area (TPSA) is 95.6 Å². The van der Waals surface area contributed by atoms with Gasteiger partial charge in [0, 0.05) is 30.1 Å². The van der Waals surface area contributed by atoms with Crippen molar-refractivity contribution < 1.29 is 19.2 Å². The molecule has 154 valence electrons. The molecule has 2 aliphatic heterocycles. The molecule has 0 spiro atoms. The zero-order chi connectivity index (χ0) is 21.3. The van der Waals surface area contributed by atoms with Crippen molar-refractivity contribution in [2.75, 3.05) is 0 Å². The van der Waals surface area contributed by atoms with Gasteiger partial charge < -0.3 is 10.2 Å². The van der Waals surface area contributed by atoms with Crippen LogP contribution in [0.25, 0.3) is 0 Å². The minimum Gasteiger partial charge on any atom is -0.352 e. The average molecular weight is 426 g/mol. The van der Waals surface area contributed by atoms with Crippen molar-refractivity contribution >= 4 is 35.2 Å². The Labute approximate surface area is 178 Å². The van der Waals surface area contributed by atoms with Crippen molar-refractivity contribution in [3.8, 4) is 0 Å². The molecule has 30 heavy (non-hydrogen) atoms. The van der Waals surface area contributed by atoms with Gasteiger partial charge in [-0.05, 0) is 41.3 Å². The molecule has 1 atom stereocenters. The van der Waals surface area contributed by atoms with Gasteiger partial charge in [0.15, 0.2) is 0 Å². The highest BCUT2D eigenvalue weighted by molar-refractivity contribution is 6.30. The highest BCUT2D eigenvalue weighted by Gasteiger charge is 2.39. The first-order valence-corrected chi connectivity index (χ1v) is 10.1. The van der Waals surface area contributed by atoms with Gasteiger partial charge in [-0.2, -0.15) is 0 Å². The Bertz CT molecular complexity index is 1040. The van der Waals surface area contributed by atoms with Crippen molar-refractivity contribution in [2.45, 2.75) is 38.4 Å². The molecular formula is C22H20ClN3O4. The van der Waals surface area contributed by atoms with Crippen LogP contribution in [-0.2, 0) is 33.9 Å². The van der Waals surface area contributed by atoms with E-state index < -0.39 is 11.9 Å². The molecule has 7 nitrogen and oxygen atoms in total. The summed E-state index contributed by atoms with van der Waals surface area (Å²) in [6, 6.07) is 11.9. The van der Waals surface area contributed by atoms with Crippen LogP contribution in [0.2, 0.25) is 5.02 Å². The van der Waals surface area contributed by atoms with E-state index in [1.807, 2.05) is 18.2 Å².